The van der Waals surface area contributed by atoms with Crippen molar-refractivity contribution in [2.75, 3.05) is 7.05 Å². The van der Waals surface area contributed by atoms with Crippen LogP contribution in [0.3, 0.4) is 0 Å². The first-order valence-electron chi connectivity index (χ1n) is 8.08. The summed E-state index contributed by atoms with van der Waals surface area (Å²) in [6, 6.07) is 16.9. The average molecular weight is 416 g/mol. The summed E-state index contributed by atoms with van der Waals surface area (Å²) in [6.07, 6.45) is -0.627. The summed E-state index contributed by atoms with van der Waals surface area (Å²) in [5.74, 6) is 1.33. The summed E-state index contributed by atoms with van der Waals surface area (Å²) in [5, 5.41) is 3.96. The van der Waals surface area contributed by atoms with Gasteiger partial charge in [0.25, 0.3) is 5.91 Å². The third-order valence-corrected chi connectivity index (χ3v) is 4.25. The molecule has 0 N–H and O–H groups in total. The van der Waals surface area contributed by atoms with Gasteiger partial charge in [-0.25, -0.2) is 0 Å². The lowest BCUT2D eigenvalue weighted by Crippen LogP contribution is -2.37. The molecule has 0 spiro atoms. The van der Waals surface area contributed by atoms with Gasteiger partial charge in [0, 0.05) is 17.1 Å². The molecule has 134 valence electrons. The molecule has 0 aliphatic rings. The number of halogens is 1. The van der Waals surface area contributed by atoms with Crippen molar-refractivity contribution in [1.82, 2.24) is 15.0 Å². The van der Waals surface area contributed by atoms with E-state index in [-0.39, 0.29) is 12.5 Å². The number of carbonyl (C=O) groups is 1. The standard InChI is InChI=1S/C19H18BrN3O3/c1-13(25-16-10-8-15(20)9-11-16)19(24)23(2)12-17-21-18(22-26-17)14-6-4-3-5-7-14/h3-11,13H,12H2,1-2H3/t13-/m1/s1. The highest BCUT2D eigenvalue weighted by atomic mass is 79.9. The van der Waals surface area contributed by atoms with Gasteiger partial charge in [0.15, 0.2) is 6.10 Å². The molecule has 1 aromatic heterocycles. The minimum atomic E-state index is -0.627. The smallest absolute Gasteiger partial charge is 0.263 e. The fourth-order valence-electron chi connectivity index (χ4n) is 2.38. The highest BCUT2D eigenvalue weighted by molar-refractivity contribution is 9.10. The van der Waals surface area contributed by atoms with Crippen molar-refractivity contribution in [2.24, 2.45) is 0 Å². The zero-order chi connectivity index (χ0) is 18.5. The normalized spacial score (nSPS) is 11.8. The Morgan fingerprint density at radius 3 is 2.58 bits per heavy atom. The molecule has 1 heterocycles. The summed E-state index contributed by atoms with van der Waals surface area (Å²) in [4.78, 5) is 18.3. The van der Waals surface area contributed by atoms with Crippen LogP contribution in [0.4, 0.5) is 0 Å². The molecule has 6 nitrogen and oxygen atoms in total. The Hall–Kier alpha value is -2.67. The molecular formula is C19H18BrN3O3. The molecule has 2 aromatic carbocycles. The van der Waals surface area contributed by atoms with Gasteiger partial charge in [0.2, 0.25) is 11.7 Å². The molecule has 0 saturated carbocycles. The van der Waals surface area contributed by atoms with Crippen LogP contribution in [0.5, 0.6) is 5.75 Å². The van der Waals surface area contributed by atoms with Gasteiger partial charge in [0.05, 0.1) is 6.54 Å². The van der Waals surface area contributed by atoms with Gasteiger partial charge in [-0.1, -0.05) is 51.4 Å². The van der Waals surface area contributed by atoms with Crippen molar-refractivity contribution in [2.45, 2.75) is 19.6 Å². The molecule has 0 fully saturated rings. The molecule has 26 heavy (non-hydrogen) atoms. The van der Waals surface area contributed by atoms with Gasteiger partial charge in [0.1, 0.15) is 5.75 Å². The number of nitrogens with zero attached hydrogens (tertiary/aromatic N) is 3. The van der Waals surface area contributed by atoms with E-state index in [0.29, 0.717) is 17.5 Å². The third kappa shape index (κ3) is 4.49. The molecule has 3 rings (SSSR count). The maximum Gasteiger partial charge on any atom is 0.263 e. The molecule has 1 amide bonds. The number of amides is 1. The Morgan fingerprint density at radius 2 is 1.88 bits per heavy atom. The van der Waals surface area contributed by atoms with E-state index >= 15 is 0 Å². The number of hydrogen-bond donors (Lipinski definition) is 0. The number of likely N-dealkylation sites (N-methyl/N-ethyl adjacent to an activating group) is 1. The molecule has 3 aromatic rings. The second kappa shape index (κ2) is 8.14. The van der Waals surface area contributed by atoms with Crippen LogP contribution in [0.2, 0.25) is 0 Å². The van der Waals surface area contributed by atoms with Crippen molar-refractivity contribution in [3.05, 3.63) is 65.0 Å². The van der Waals surface area contributed by atoms with Crippen molar-refractivity contribution < 1.29 is 14.1 Å². The average Bonchev–Trinajstić information content (AvgIpc) is 3.12. The number of hydrogen-bond acceptors (Lipinski definition) is 5. The van der Waals surface area contributed by atoms with E-state index in [9.17, 15) is 4.79 Å². The Kier molecular flexibility index (Phi) is 5.68. The maximum atomic E-state index is 12.5. The zero-order valence-electron chi connectivity index (χ0n) is 14.4. The van der Waals surface area contributed by atoms with Crippen molar-refractivity contribution in [3.8, 4) is 17.1 Å². The molecular weight excluding hydrogens is 398 g/mol. The second-order valence-electron chi connectivity index (χ2n) is 5.79. The van der Waals surface area contributed by atoms with Crippen LogP contribution in [-0.4, -0.2) is 34.1 Å². The van der Waals surface area contributed by atoms with Crippen LogP contribution in [-0.2, 0) is 11.3 Å². The van der Waals surface area contributed by atoms with Crippen LogP contribution in [0.25, 0.3) is 11.4 Å². The molecule has 0 bridgehead atoms. The Morgan fingerprint density at radius 1 is 1.19 bits per heavy atom. The fraction of sp³-hybridized carbons (Fsp3) is 0.211. The van der Waals surface area contributed by atoms with Crippen LogP contribution in [0.15, 0.2) is 63.6 Å². The molecule has 0 unspecified atom stereocenters. The number of aromatic nitrogens is 2. The number of rotatable bonds is 6. The molecule has 0 saturated heterocycles. The summed E-state index contributed by atoms with van der Waals surface area (Å²) >= 11 is 3.37. The largest absolute Gasteiger partial charge is 0.481 e. The van der Waals surface area contributed by atoms with Gasteiger partial charge in [-0.3, -0.25) is 4.79 Å². The van der Waals surface area contributed by atoms with Crippen LogP contribution in [0.1, 0.15) is 12.8 Å². The Balaban J connectivity index is 1.60. The van der Waals surface area contributed by atoms with E-state index in [1.54, 1.807) is 26.1 Å². The van der Waals surface area contributed by atoms with Crippen LogP contribution in [0, 0.1) is 0 Å². The highest BCUT2D eigenvalue weighted by Gasteiger charge is 2.21. The topological polar surface area (TPSA) is 68.5 Å². The Labute approximate surface area is 159 Å². The van der Waals surface area contributed by atoms with E-state index in [0.717, 1.165) is 10.0 Å². The minimum Gasteiger partial charge on any atom is -0.481 e. The summed E-state index contributed by atoms with van der Waals surface area (Å²) in [6.45, 7) is 1.93. The maximum absolute atomic E-state index is 12.5. The lowest BCUT2D eigenvalue weighted by Gasteiger charge is -2.20. The molecule has 0 aliphatic heterocycles. The van der Waals surface area contributed by atoms with Crippen LogP contribution >= 0.6 is 15.9 Å². The van der Waals surface area contributed by atoms with Gasteiger partial charge in [-0.05, 0) is 31.2 Å². The minimum absolute atomic E-state index is 0.174. The predicted octanol–water partition coefficient (Wildman–Crippen LogP) is 3.93. The van der Waals surface area contributed by atoms with E-state index in [2.05, 4.69) is 26.1 Å². The van der Waals surface area contributed by atoms with E-state index in [4.69, 9.17) is 9.26 Å². The SMILES string of the molecule is C[C@@H](Oc1ccc(Br)cc1)C(=O)N(C)Cc1nc(-c2ccccc2)no1. The first kappa shape index (κ1) is 18.1. The first-order chi connectivity index (χ1) is 12.5. The number of benzene rings is 2. The van der Waals surface area contributed by atoms with Crippen molar-refractivity contribution >= 4 is 21.8 Å². The highest BCUT2D eigenvalue weighted by Crippen LogP contribution is 2.18. The van der Waals surface area contributed by atoms with Gasteiger partial charge >= 0.3 is 0 Å². The van der Waals surface area contributed by atoms with Crippen LogP contribution < -0.4 is 4.74 Å². The quantitative estimate of drug-likeness (QED) is 0.609. The zero-order valence-corrected chi connectivity index (χ0v) is 16.0. The van der Waals surface area contributed by atoms with Crippen molar-refractivity contribution in [1.29, 1.82) is 0 Å². The number of carbonyl (C=O) groups excluding carboxylic acids is 1. The molecule has 0 radical (unpaired) electrons. The second-order valence-corrected chi connectivity index (χ2v) is 6.70. The van der Waals surface area contributed by atoms with Gasteiger partial charge in [-0.2, -0.15) is 4.98 Å². The monoisotopic (exact) mass is 415 g/mol. The first-order valence-corrected chi connectivity index (χ1v) is 8.87. The lowest BCUT2D eigenvalue weighted by atomic mass is 10.2. The lowest BCUT2D eigenvalue weighted by molar-refractivity contribution is -0.137. The summed E-state index contributed by atoms with van der Waals surface area (Å²) < 4.78 is 11.9. The molecule has 0 aliphatic carbocycles. The summed E-state index contributed by atoms with van der Waals surface area (Å²) in [7, 11) is 1.68. The predicted molar refractivity (Wildman–Crippen MR) is 100 cm³/mol. The summed E-state index contributed by atoms with van der Waals surface area (Å²) in [5.41, 5.74) is 0.864. The molecule has 7 heteroatoms. The number of ether oxygens (including phenoxy) is 1. The van der Waals surface area contributed by atoms with E-state index in [1.165, 1.54) is 4.90 Å². The van der Waals surface area contributed by atoms with Gasteiger partial charge < -0.3 is 14.2 Å². The fourth-order valence-corrected chi connectivity index (χ4v) is 2.65. The third-order valence-electron chi connectivity index (χ3n) is 3.72. The van der Waals surface area contributed by atoms with Crippen molar-refractivity contribution in [3.63, 3.8) is 0 Å². The van der Waals surface area contributed by atoms with E-state index < -0.39 is 6.10 Å². The molecule has 1 atom stereocenters. The van der Waals surface area contributed by atoms with E-state index in [1.807, 2.05) is 42.5 Å². The van der Waals surface area contributed by atoms with Gasteiger partial charge in [-0.15, -0.1) is 0 Å². The Bertz CT molecular complexity index is 865.